The van der Waals surface area contributed by atoms with Crippen molar-refractivity contribution in [3.05, 3.63) is 169 Å². The molecule has 1 aromatic heterocycles. The van der Waals surface area contributed by atoms with E-state index in [0.29, 0.717) is 36.0 Å². The number of carbonyl (C=O) groups excluding carboxylic acids is 2. The highest BCUT2D eigenvalue weighted by atomic mass is 16.6. The number of aliphatic hydroxyl groups is 3. The number of benzene rings is 4. The molecule has 4 heterocycles. The van der Waals surface area contributed by atoms with E-state index in [9.17, 15) is 24.9 Å². The Kier molecular flexibility index (Phi) is 14.7. The molecule has 1 saturated carbocycles. The van der Waals surface area contributed by atoms with Gasteiger partial charge in [-0.1, -0.05) is 109 Å². The molecular formula is C58H64O11. The van der Waals surface area contributed by atoms with Crippen molar-refractivity contribution in [2.75, 3.05) is 20.0 Å². The zero-order valence-electron chi connectivity index (χ0n) is 39.9. The van der Waals surface area contributed by atoms with Crippen LogP contribution in [0.2, 0.25) is 0 Å². The van der Waals surface area contributed by atoms with Gasteiger partial charge in [0.05, 0.1) is 18.8 Å². The van der Waals surface area contributed by atoms with Crippen LogP contribution in [-0.4, -0.2) is 59.0 Å². The van der Waals surface area contributed by atoms with Gasteiger partial charge in [-0.05, 0) is 117 Å². The van der Waals surface area contributed by atoms with Gasteiger partial charge >= 0.3 is 17.6 Å². The number of carbonyl (C=O) groups is 2. The second-order valence-corrected chi connectivity index (χ2v) is 19.9. The van der Waals surface area contributed by atoms with Crippen LogP contribution in [0.5, 0.6) is 5.75 Å². The molecule has 2 aliphatic carbocycles. The van der Waals surface area contributed by atoms with E-state index in [2.05, 4.69) is 84.9 Å². The Morgan fingerprint density at radius 1 is 0.841 bits per heavy atom. The van der Waals surface area contributed by atoms with Crippen LogP contribution >= 0.6 is 0 Å². The molecule has 0 radical (unpaired) electrons. The largest absolute Gasteiger partial charge is 0.483 e. The fraction of sp³-hybridized carbons (Fsp3) is 0.431. The van der Waals surface area contributed by atoms with Crippen LogP contribution in [0.15, 0.2) is 124 Å². The summed E-state index contributed by atoms with van der Waals surface area (Å²) in [7, 11) is 0. The highest BCUT2D eigenvalue weighted by Gasteiger charge is 2.57. The third kappa shape index (κ3) is 9.97. The minimum atomic E-state index is -1.28. The lowest BCUT2D eigenvalue weighted by molar-refractivity contribution is -0.199. The van der Waals surface area contributed by atoms with Crippen molar-refractivity contribution in [2.45, 2.75) is 127 Å². The summed E-state index contributed by atoms with van der Waals surface area (Å²) in [6.07, 6.45) is 8.24. The summed E-state index contributed by atoms with van der Waals surface area (Å²) in [5.74, 6) is -1.75. The molecule has 4 aromatic carbocycles. The third-order valence-electron chi connectivity index (χ3n) is 15.3. The first-order chi connectivity index (χ1) is 33.5. The summed E-state index contributed by atoms with van der Waals surface area (Å²) in [5, 5.41) is 30.8. The maximum Gasteiger partial charge on any atom is 0.340 e. The number of aliphatic hydroxyl groups excluding tert-OH is 3. The number of fused-ring (bicyclic) bond motifs is 11. The second kappa shape index (κ2) is 21.0. The summed E-state index contributed by atoms with van der Waals surface area (Å²) in [4.78, 5) is 44.2. The third-order valence-corrected chi connectivity index (χ3v) is 15.3. The Morgan fingerprint density at radius 3 is 2.33 bits per heavy atom. The van der Waals surface area contributed by atoms with Gasteiger partial charge in [-0.3, -0.25) is 4.79 Å². The van der Waals surface area contributed by atoms with Crippen molar-refractivity contribution in [2.24, 2.45) is 11.8 Å². The van der Waals surface area contributed by atoms with Crippen LogP contribution in [0, 0.1) is 11.8 Å². The maximum absolute atomic E-state index is 15.2. The van der Waals surface area contributed by atoms with E-state index in [1.807, 2.05) is 26.8 Å². The molecule has 362 valence electrons. The predicted molar refractivity (Wildman–Crippen MR) is 262 cm³/mol. The highest BCUT2D eigenvalue weighted by Crippen LogP contribution is 2.53. The smallest absolute Gasteiger partial charge is 0.340 e. The Morgan fingerprint density at radius 2 is 1.61 bits per heavy atom. The lowest BCUT2D eigenvalue weighted by Gasteiger charge is -2.48. The number of rotatable bonds is 11. The molecule has 0 unspecified atom stereocenters. The van der Waals surface area contributed by atoms with E-state index in [4.69, 9.17) is 23.4 Å². The molecule has 0 saturated heterocycles. The van der Waals surface area contributed by atoms with Crippen molar-refractivity contribution in [3.63, 3.8) is 0 Å². The minimum absolute atomic E-state index is 0.0343. The number of esters is 2. The molecule has 3 N–H and O–H groups in total. The van der Waals surface area contributed by atoms with Gasteiger partial charge in [0.25, 0.3) is 0 Å². The fourth-order valence-corrected chi connectivity index (χ4v) is 11.7. The van der Waals surface area contributed by atoms with Crippen LogP contribution in [0.25, 0.3) is 11.0 Å². The zero-order valence-corrected chi connectivity index (χ0v) is 39.9. The van der Waals surface area contributed by atoms with Crippen molar-refractivity contribution < 1.29 is 48.3 Å². The van der Waals surface area contributed by atoms with Gasteiger partial charge in [0, 0.05) is 53.2 Å². The molecule has 2 bridgehead atoms. The molecular weight excluding hydrogens is 873 g/mol. The summed E-state index contributed by atoms with van der Waals surface area (Å²) in [6.45, 7) is 4.16. The second-order valence-electron chi connectivity index (χ2n) is 19.9. The quantitative estimate of drug-likeness (QED) is 0.0380. The lowest BCUT2D eigenvalue weighted by atomic mass is 9.72. The molecule has 11 nitrogen and oxygen atoms in total. The summed E-state index contributed by atoms with van der Waals surface area (Å²) in [5.41, 5.74) is 5.78. The van der Waals surface area contributed by atoms with Crippen LogP contribution in [0.4, 0.5) is 0 Å². The molecule has 5 aliphatic rings. The standard InChI is InChI=1S/C58H64O11/c1-35(2)45-22-18-36-16-19-39(20-17-36)46-23-21-41(40-13-9-12-38(29-40)28-37-10-5-4-6-11-37)30-43(46)31-50(62)66-54-52-49(69-58(3,44-14-7-8-15-44)55(54)68-56(45)63)25-24-47-48(32-60)51(57(64)67-53(47)52)42(26-27-59)33-65-34-61/h4-6,9-13,16-17,19-21,23-25,29,41-44,46,54-55,59-61H,7-8,14-15,18,22,26-28,30-34H2,1-3H3/t41-,42+,43-,46-,54+,55-,58-/m0/s1. The first-order valence-electron chi connectivity index (χ1n) is 24.7. The Hall–Kier alpha value is -5.85. The number of ether oxygens (including phenoxy) is 4. The zero-order chi connectivity index (χ0) is 48.2. The van der Waals surface area contributed by atoms with Crippen LogP contribution in [0.3, 0.4) is 0 Å². The molecule has 11 heteroatoms. The van der Waals surface area contributed by atoms with Crippen LogP contribution < -0.4 is 10.4 Å². The van der Waals surface area contributed by atoms with Gasteiger partial charge in [0.2, 0.25) is 0 Å². The maximum atomic E-state index is 15.2. The van der Waals surface area contributed by atoms with Gasteiger partial charge in [0.15, 0.2) is 12.2 Å². The topological polar surface area (TPSA) is 162 Å². The van der Waals surface area contributed by atoms with E-state index < -0.39 is 54.7 Å². The molecule has 10 rings (SSSR count). The van der Waals surface area contributed by atoms with E-state index >= 15 is 4.79 Å². The van der Waals surface area contributed by atoms with Gasteiger partial charge in [-0.2, -0.15) is 0 Å². The molecule has 5 aromatic rings. The number of hydrogen-bond acceptors (Lipinski definition) is 11. The summed E-state index contributed by atoms with van der Waals surface area (Å²) in [6, 6.07) is 31.1. The van der Waals surface area contributed by atoms with Gasteiger partial charge in [-0.25, -0.2) is 9.59 Å². The molecule has 1 fully saturated rings. The van der Waals surface area contributed by atoms with Crippen LogP contribution in [-0.2, 0) is 43.2 Å². The first kappa shape index (κ1) is 48.2. The summed E-state index contributed by atoms with van der Waals surface area (Å²) >= 11 is 0. The average molecular weight is 937 g/mol. The monoisotopic (exact) mass is 936 g/mol. The van der Waals surface area contributed by atoms with E-state index in [1.54, 1.807) is 12.1 Å². The Bertz CT molecular complexity index is 2760. The minimum Gasteiger partial charge on any atom is -0.483 e. The van der Waals surface area contributed by atoms with E-state index in [1.165, 1.54) is 16.7 Å². The normalized spacial score (nSPS) is 24.5. The SMILES string of the molecule is CC(C)=C1CCc2ccc(cc2)[C@@H]2C=C[C@H](c3cccc(Cc4ccccc4)c3)C[C@H]2CC(=O)O[C@@H]2c3c(ccc4c(CO)c([C@H](CCO)COCO)c(=O)oc34)O[C@@](C)(C3CCCC3)[C@H]2OC1=O. The number of allylic oxidation sites excluding steroid dienone is 3. The highest BCUT2D eigenvalue weighted by molar-refractivity contribution is 5.90. The van der Waals surface area contributed by atoms with E-state index in [0.717, 1.165) is 48.8 Å². The van der Waals surface area contributed by atoms with Gasteiger partial charge in [-0.15, -0.1) is 0 Å². The molecule has 69 heavy (non-hydrogen) atoms. The number of hydrogen-bond donors (Lipinski definition) is 3. The molecule has 3 aliphatic heterocycles. The molecule has 0 spiro atoms. The van der Waals surface area contributed by atoms with Gasteiger partial charge < -0.3 is 38.7 Å². The van der Waals surface area contributed by atoms with Crippen molar-refractivity contribution in [3.8, 4) is 5.75 Å². The van der Waals surface area contributed by atoms with Crippen molar-refractivity contribution >= 4 is 22.9 Å². The van der Waals surface area contributed by atoms with Crippen LogP contribution in [0.1, 0.15) is 141 Å². The number of aryl methyl sites for hydroxylation is 1. The molecule has 0 amide bonds. The predicted octanol–water partition coefficient (Wildman–Crippen LogP) is 9.96. The lowest BCUT2D eigenvalue weighted by Crippen LogP contribution is -2.58. The van der Waals surface area contributed by atoms with E-state index in [-0.39, 0.29) is 72.0 Å². The fourth-order valence-electron chi connectivity index (χ4n) is 11.7. The average Bonchev–Trinajstić information content (AvgIpc) is 3.90. The molecule has 7 atom stereocenters. The first-order valence-corrected chi connectivity index (χ1v) is 24.7. The van der Waals surface area contributed by atoms with Crippen molar-refractivity contribution in [1.29, 1.82) is 0 Å². The van der Waals surface area contributed by atoms with Crippen molar-refractivity contribution in [1.82, 2.24) is 0 Å². The Balaban J connectivity index is 1.17. The Labute approximate surface area is 403 Å². The van der Waals surface area contributed by atoms with Gasteiger partial charge in [0.1, 0.15) is 23.7 Å². The summed E-state index contributed by atoms with van der Waals surface area (Å²) < 4.78 is 32.2.